The van der Waals surface area contributed by atoms with Gasteiger partial charge in [-0.2, -0.15) is 4.31 Å². The molecule has 3 aliphatic rings. The highest BCUT2D eigenvalue weighted by molar-refractivity contribution is 7.89. The van der Waals surface area contributed by atoms with Crippen LogP contribution in [-0.4, -0.2) is 89.9 Å². The number of rotatable bonds is 20. The lowest BCUT2D eigenvalue weighted by atomic mass is 9.55. The number of non-ortho nitro benzene ring substituents is 1. The number of pyridine rings is 1. The van der Waals surface area contributed by atoms with E-state index < -0.39 is 44.7 Å². The maximum atomic E-state index is 15.2. The van der Waals surface area contributed by atoms with Crippen molar-refractivity contribution in [1.82, 2.24) is 14.6 Å². The fraction of sp³-hybridized carbons (Fsp3) is 0.426. The number of nitro groups is 1. The number of aromatic nitrogens is 1. The van der Waals surface area contributed by atoms with Gasteiger partial charge in [0.15, 0.2) is 0 Å². The van der Waals surface area contributed by atoms with Crippen LogP contribution in [0.4, 0.5) is 10.5 Å². The Morgan fingerprint density at radius 2 is 1.83 bits per heavy atom. The predicted octanol–water partition coefficient (Wildman–Crippen LogP) is 7.41. The summed E-state index contributed by atoms with van der Waals surface area (Å²) in [6.07, 6.45) is 8.56. The van der Waals surface area contributed by atoms with Crippen LogP contribution in [0.25, 0.3) is 10.9 Å². The van der Waals surface area contributed by atoms with E-state index >= 15 is 8.42 Å². The van der Waals surface area contributed by atoms with Gasteiger partial charge < -0.3 is 34.6 Å². The fourth-order valence-electron chi connectivity index (χ4n) is 9.56. The van der Waals surface area contributed by atoms with E-state index in [1.54, 1.807) is 73.8 Å². The number of para-hydroxylation sites is 1. The number of hydrogen-bond donors (Lipinski definition) is 3. The molecule has 1 saturated carbocycles. The van der Waals surface area contributed by atoms with E-state index in [4.69, 9.17) is 24.2 Å². The number of likely N-dealkylation sites (N-methyl/N-ethyl adjacent to an activating group) is 1. The minimum atomic E-state index is -4.36. The van der Waals surface area contributed by atoms with Gasteiger partial charge in [0.25, 0.3) is 5.69 Å². The number of carbonyl (C=O) groups is 1. The summed E-state index contributed by atoms with van der Waals surface area (Å²) in [6.45, 7) is 6.08. The Kier molecular flexibility index (Phi) is 14.8. The van der Waals surface area contributed by atoms with Gasteiger partial charge in [0, 0.05) is 68.4 Å². The fourth-order valence-corrected chi connectivity index (χ4v) is 11.1. The molecule has 4 aromatic rings. The molecule has 3 N–H and O–H groups in total. The van der Waals surface area contributed by atoms with Gasteiger partial charge in [-0.25, -0.2) is 13.2 Å². The Labute approximate surface area is 372 Å². The number of aliphatic hydroxyl groups is 2. The van der Waals surface area contributed by atoms with Crippen molar-refractivity contribution in [3.63, 3.8) is 0 Å². The number of fused-ring (bicyclic) bond motifs is 3. The lowest BCUT2D eigenvalue weighted by Gasteiger charge is -2.59. The highest BCUT2D eigenvalue weighted by Crippen LogP contribution is 2.62. The highest BCUT2D eigenvalue weighted by Gasteiger charge is 2.65. The van der Waals surface area contributed by atoms with Crippen molar-refractivity contribution in [2.75, 3.05) is 33.4 Å². The van der Waals surface area contributed by atoms with Gasteiger partial charge in [-0.15, -0.1) is 6.58 Å². The van der Waals surface area contributed by atoms with Crippen LogP contribution in [0, 0.1) is 27.9 Å². The van der Waals surface area contributed by atoms with Gasteiger partial charge in [0.2, 0.25) is 15.8 Å². The largest absolute Gasteiger partial charge is 0.460 e. The summed E-state index contributed by atoms with van der Waals surface area (Å²) in [5.74, 6) is -2.37. The molecule has 1 aliphatic heterocycles. The lowest BCUT2D eigenvalue weighted by Crippen LogP contribution is -2.69. The molecule has 1 aromatic heterocycles. The molecule has 0 spiro atoms. The molecular formula is C47H55N5O11S. The molecule has 2 aliphatic carbocycles. The molecule has 1 fully saturated rings. The monoisotopic (exact) mass is 897 g/mol. The van der Waals surface area contributed by atoms with E-state index in [-0.39, 0.29) is 61.0 Å². The van der Waals surface area contributed by atoms with Crippen LogP contribution in [0.2, 0.25) is 0 Å². The van der Waals surface area contributed by atoms with Crippen LogP contribution in [0.3, 0.4) is 0 Å². The number of amides is 1. The standard InChI is InChI=1S/C47H55N5O11S/c1-4-26-60-47-42(51(3)64(58,59)41-16-10-13-32-14-11-23-49-45(32)41)29-39(50-61-30-31-17-19-34(20-18-31)52(56)57)37-27-33(12-6-8-24-53)36(15-7-9-25-54)43(44(37)47)38-28-35(21-22-40(38)63-47)62-46(55)48-5-2/h4,10-11,13-14,16-23,27-28,33,36,42-44,53-54H,1,5-9,12,15,24-26,29-30H2,2-3H3,(H,48,55)/t33-,36+,42-,43+,44+,47+/m0/s1. The van der Waals surface area contributed by atoms with Crippen LogP contribution < -0.4 is 14.8 Å². The van der Waals surface area contributed by atoms with Gasteiger partial charge in [0.05, 0.1) is 34.7 Å². The summed E-state index contributed by atoms with van der Waals surface area (Å²) in [7, 11) is -2.86. The Morgan fingerprint density at radius 3 is 2.55 bits per heavy atom. The van der Waals surface area contributed by atoms with Crippen molar-refractivity contribution in [2.45, 2.75) is 81.1 Å². The summed E-state index contributed by atoms with van der Waals surface area (Å²) in [4.78, 5) is 34.2. The van der Waals surface area contributed by atoms with Crippen molar-refractivity contribution in [3.8, 4) is 11.5 Å². The average Bonchev–Trinajstić information content (AvgIpc) is 3.29. The van der Waals surface area contributed by atoms with Crippen LogP contribution >= 0.6 is 0 Å². The Balaban J connectivity index is 1.44. The van der Waals surface area contributed by atoms with Gasteiger partial charge in [0.1, 0.15) is 23.0 Å². The second-order valence-corrected chi connectivity index (χ2v) is 18.2. The van der Waals surface area contributed by atoms with Crippen LogP contribution in [-0.2, 0) is 26.2 Å². The molecule has 17 heteroatoms. The third-order valence-corrected chi connectivity index (χ3v) is 14.3. The zero-order valence-electron chi connectivity index (χ0n) is 36.0. The van der Waals surface area contributed by atoms with Crippen molar-refractivity contribution in [1.29, 1.82) is 0 Å². The number of allylic oxidation sites excluding steroid dienone is 1. The van der Waals surface area contributed by atoms with Crippen molar-refractivity contribution in [3.05, 3.63) is 125 Å². The molecule has 0 saturated heterocycles. The number of aliphatic hydroxyl groups excluding tert-OH is 2. The minimum absolute atomic E-state index is 0.00408. The third-order valence-electron chi connectivity index (χ3n) is 12.4. The zero-order valence-corrected chi connectivity index (χ0v) is 36.8. The molecule has 0 bridgehead atoms. The number of ether oxygens (including phenoxy) is 3. The Morgan fingerprint density at radius 1 is 1.08 bits per heavy atom. The van der Waals surface area contributed by atoms with Gasteiger partial charge in [-0.1, -0.05) is 48.3 Å². The summed E-state index contributed by atoms with van der Waals surface area (Å²) < 4.78 is 51.5. The first-order valence-electron chi connectivity index (χ1n) is 21.7. The van der Waals surface area contributed by atoms with Crippen LogP contribution in [0.15, 0.2) is 113 Å². The van der Waals surface area contributed by atoms with Crippen molar-refractivity contribution >= 4 is 38.4 Å². The minimum Gasteiger partial charge on any atom is -0.460 e. The number of nitrogens with zero attached hydrogens (tertiary/aromatic N) is 4. The number of benzene rings is 3. The van der Waals surface area contributed by atoms with E-state index in [1.807, 2.05) is 0 Å². The maximum absolute atomic E-state index is 15.2. The van der Waals surface area contributed by atoms with E-state index in [9.17, 15) is 25.1 Å². The first kappa shape index (κ1) is 46.3. The SMILES string of the molecule is C=CCO[C@@]12Oc3ccc(OC(=O)NCC)cc3[C@H]3[C@H](CCCCO)[C@@H](CCCCO)C=C(C(=NOCc4ccc([N+](=O)[O-])cc4)C[C@@H]1N(C)S(=O)(=O)c1cccc4cccnc14)[C@H]32. The molecule has 16 nitrogen and oxygen atoms in total. The van der Waals surface area contributed by atoms with Crippen molar-refractivity contribution in [2.24, 2.45) is 22.9 Å². The normalized spacial score (nSPS) is 23.1. The summed E-state index contributed by atoms with van der Waals surface area (Å²) in [5, 5.41) is 39.2. The molecule has 0 radical (unpaired) electrons. The second kappa shape index (κ2) is 20.4. The number of nitrogens with one attached hydrogen (secondary N) is 1. The number of hydrogen-bond acceptors (Lipinski definition) is 13. The van der Waals surface area contributed by atoms with Crippen molar-refractivity contribution < 1.29 is 47.4 Å². The highest BCUT2D eigenvalue weighted by atomic mass is 32.2. The molecule has 7 rings (SSSR count). The molecule has 3 aromatic carbocycles. The molecule has 1 amide bonds. The van der Waals surface area contributed by atoms with Gasteiger partial charge >= 0.3 is 6.09 Å². The average molecular weight is 898 g/mol. The second-order valence-electron chi connectivity index (χ2n) is 16.2. The lowest BCUT2D eigenvalue weighted by molar-refractivity contribution is -0.384. The Bertz CT molecular complexity index is 2490. The number of nitro benzene ring substituents is 1. The van der Waals surface area contributed by atoms with E-state index in [2.05, 4.69) is 23.0 Å². The number of sulfonamides is 1. The molecule has 340 valence electrons. The molecule has 0 unspecified atom stereocenters. The van der Waals surface area contributed by atoms with Gasteiger partial charge in [-0.3, -0.25) is 15.1 Å². The number of oxime groups is 1. The molecule has 2 heterocycles. The topological polar surface area (TPSA) is 212 Å². The third kappa shape index (κ3) is 9.40. The van der Waals surface area contributed by atoms with Crippen LogP contribution in [0.5, 0.6) is 11.5 Å². The Hall–Kier alpha value is -5.72. The van der Waals surface area contributed by atoms with Crippen LogP contribution in [0.1, 0.15) is 68.9 Å². The quantitative estimate of drug-likeness (QED) is 0.0343. The van der Waals surface area contributed by atoms with E-state index in [1.165, 1.54) is 29.6 Å². The smallest absolute Gasteiger partial charge is 0.412 e. The summed E-state index contributed by atoms with van der Waals surface area (Å²) in [5.41, 5.74) is 2.79. The zero-order chi connectivity index (χ0) is 45.4. The molecule has 64 heavy (non-hydrogen) atoms. The number of carbonyl (C=O) groups excluding carboxylic acids is 1. The van der Waals surface area contributed by atoms with E-state index in [0.29, 0.717) is 73.0 Å². The first-order valence-corrected chi connectivity index (χ1v) is 23.1. The first-order chi connectivity index (χ1) is 31.0. The summed E-state index contributed by atoms with van der Waals surface area (Å²) in [6, 6.07) is 18.6. The molecular weight excluding hydrogens is 843 g/mol. The molecule has 6 atom stereocenters. The maximum Gasteiger partial charge on any atom is 0.412 e. The summed E-state index contributed by atoms with van der Waals surface area (Å²) >= 11 is 0. The van der Waals surface area contributed by atoms with E-state index in [0.717, 1.165) is 11.1 Å². The predicted molar refractivity (Wildman–Crippen MR) is 239 cm³/mol. The van der Waals surface area contributed by atoms with Gasteiger partial charge in [-0.05, 0) is 98.0 Å². The number of unbranched alkanes of at least 4 members (excludes halogenated alkanes) is 2.